The second-order valence-corrected chi connectivity index (χ2v) is 19.3. The molecule has 2 aliphatic rings. The van der Waals surface area contributed by atoms with E-state index in [4.69, 9.17) is 18.9 Å². The summed E-state index contributed by atoms with van der Waals surface area (Å²) in [6.07, 6.45) is 44.1. The molecule has 418 valence electrons. The molecule has 0 spiro atoms. The number of ether oxygens (including phenoxy) is 4. The highest BCUT2D eigenvalue weighted by Gasteiger charge is 2.51. The fourth-order valence-corrected chi connectivity index (χ4v) is 8.49. The largest absolute Gasteiger partial charge is 0.394 e. The van der Waals surface area contributed by atoms with Crippen LogP contribution in [0.3, 0.4) is 0 Å². The molecule has 14 heteroatoms. The lowest BCUT2D eigenvalue weighted by molar-refractivity contribution is -0.359. The van der Waals surface area contributed by atoms with Gasteiger partial charge in [0.25, 0.3) is 0 Å². The van der Waals surface area contributed by atoms with E-state index in [0.717, 1.165) is 89.9 Å². The van der Waals surface area contributed by atoms with Crippen LogP contribution in [0.5, 0.6) is 0 Å². The molecule has 0 aromatic heterocycles. The van der Waals surface area contributed by atoms with Crippen LogP contribution in [0.15, 0.2) is 97.2 Å². The van der Waals surface area contributed by atoms with Crippen LogP contribution in [-0.2, 0) is 23.7 Å². The minimum atomic E-state index is -1.79. The van der Waals surface area contributed by atoms with Crippen molar-refractivity contribution in [3.63, 3.8) is 0 Å². The van der Waals surface area contributed by atoms with Crippen molar-refractivity contribution in [1.29, 1.82) is 0 Å². The van der Waals surface area contributed by atoms with E-state index >= 15 is 0 Å². The Labute approximate surface area is 439 Å². The van der Waals surface area contributed by atoms with Crippen molar-refractivity contribution in [1.82, 2.24) is 5.32 Å². The lowest BCUT2D eigenvalue weighted by Gasteiger charge is -2.46. The molecule has 9 N–H and O–H groups in total. The zero-order valence-corrected chi connectivity index (χ0v) is 44.6. The van der Waals surface area contributed by atoms with Crippen LogP contribution < -0.4 is 5.32 Å². The molecule has 0 aliphatic carbocycles. The van der Waals surface area contributed by atoms with E-state index in [0.29, 0.717) is 6.42 Å². The summed E-state index contributed by atoms with van der Waals surface area (Å²) in [7, 11) is 0. The van der Waals surface area contributed by atoms with Gasteiger partial charge in [0.15, 0.2) is 12.6 Å². The maximum atomic E-state index is 13.1. The van der Waals surface area contributed by atoms with E-state index in [1.54, 1.807) is 6.08 Å². The molecular formula is C59H99NO13. The zero-order valence-electron chi connectivity index (χ0n) is 44.6. The lowest BCUT2D eigenvalue weighted by atomic mass is 9.97. The summed E-state index contributed by atoms with van der Waals surface area (Å²) < 4.78 is 22.5. The molecule has 2 saturated heterocycles. The van der Waals surface area contributed by atoms with Gasteiger partial charge in [0, 0.05) is 6.42 Å². The van der Waals surface area contributed by atoms with Gasteiger partial charge in [0.1, 0.15) is 48.8 Å². The Balaban J connectivity index is 1.54. The number of hydrogen-bond donors (Lipinski definition) is 9. The first kappa shape index (κ1) is 66.0. The summed E-state index contributed by atoms with van der Waals surface area (Å²) in [6.45, 7) is 2.48. The van der Waals surface area contributed by atoms with Gasteiger partial charge in [-0.05, 0) is 70.6 Å². The number of allylic oxidation sites excluding steroid dienone is 15. The first-order valence-corrected chi connectivity index (χ1v) is 28.0. The number of amides is 1. The number of aliphatic hydroxyl groups is 8. The number of carbonyl (C=O) groups excluding carboxylic acids is 1. The molecule has 14 nitrogen and oxygen atoms in total. The van der Waals surface area contributed by atoms with Crippen molar-refractivity contribution in [3.8, 4) is 0 Å². The summed E-state index contributed by atoms with van der Waals surface area (Å²) >= 11 is 0. The summed E-state index contributed by atoms with van der Waals surface area (Å²) in [5.41, 5.74) is 0. The molecule has 0 aromatic carbocycles. The Kier molecular flexibility index (Phi) is 39.9. The molecule has 2 heterocycles. The third-order valence-electron chi connectivity index (χ3n) is 13.0. The topological polar surface area (TPSA) is 228 Å². The van der Waals surface area contributed by atoms with E-state index in [1.165, 1.54) is 57.8 Å². The fourth-order valence-electron chi connectivity index (χ4n) is 8.49. The van der Waals surface area contributed by atoms with Crippen molar-refractivity contribution in [2.75, 3.05) is 19.8 Å². The first-order valence-electron chi connectivity index (χ1n) is 28.0. The van der Waals surface area contributed by atoms with Gasteiger partial charge in [-0.3, -0.25) is 4.79 Å². The summed E-state index contributed by atoms with van der Waals surface area (Å²) in [5.74, 6) is -0.255. The SMILES string of the molecule is CC/C=C\C/C=C\C/C=C\C/C=C\C/C=C\C/C=C\C/C=C\CCCCCCCCCCCCCCCC(=O)NC(COC1OC(CO)C(OC2OC(CO)C(O)C(O)C2O)C(O)C1O)C(O)/C=C/CCCC. The average Bonchev–Trinajstić information content (AvgIpc) is 3.39. The molecule has 0 radical (unpaired) electrons. The number of unbranched alkanes of at least 4 members (excludes halogenated alkanes) is 15. The standard InChI is InChI=1S/C59H99NO13/c1-3-5-7-9-10-11-12-13-14-15-16-17-18-19-20-21-22-23-24-25-26-27-28-29-30-31-32-33-34-35-36-37-38-39-41-43-51(64)60-47(48(63)42-40-8-6-4-2)46-70-58-56(69)54(67)57(50(45-62)72-58)73-59-55(68)53(66)52(65)49(44-61)71-59/h5,7,10-11,13-14,16-17,19-20,22-23,25-26,40,42,47-50,52-59,61-63,65-69H,3-4,6,8-9,12,15,18,21,24,27-39,41,43-46H2,1-2H3,(H,60,64)/b7-5-,11-10-,14-13-,17-16-,20-19-,23-22-,26-25-,42-40+. The fraction of sp³-hybridized carbons (Fsp3) is 0.712. The second kappa shape index (κ2) is 44.1. The van der Waals surface area contributed by atoms with Crippen LogP contribution in [-0.4, -0.2) is 140 Å². The Morgan fingerprint density at radius 2 is 0.945 bits per heavy atom. The highest BCUT2D eigenvalue weighted by molar-refractivity contribution is 5.76. The molecule has 0 aromatic rings. The van der Waals surface area contributed by atoms with E-state index in [1.807, 2.05) is 6.08 Å². The number of aliphatic hydroxyl groups excluding tert-OH is 8. The van der Waals surface area contributed by atoms with Crippen LogP contribution in [0.25, 0.3) is 0 Å². The van der Waals surface area contributed by atoms with Crippen LogP contribution in [0.1, 0.15) is 174 Å². The van der Waals surface area contributed by atoms with Crippen molar-refractivity contribution in [2.45, 2.75) is 248 Å². The van der Waals surface area contributed by atoms with E-state index in [-0.39, 0.29) is 18.9 Å². The Morgan fingerprint density at radius 1 is 0.507 bits per heavy atom. The quantitative estimate of drug-likeness (QED) is 0.0206. The van der Waals surface area contributed by atoms with Crippen molar-refractivity contribution in [2.24, 2.45) is 0 Å². The molecule has 12 atom stereocenters. The molecule has 1 amide bonds. The summed E-state index contributed by atoms with van der Waals surface area (Å²) in [6, 6.07) is -0.915. The molecule has 2 aliphatic heterocycles. The third kappa shape index (κ3) is 30.3. The molecule has 2 rings (SSSR count). The molecule has 12 unspecified atom stereocenters. The van der Waals surface area contributed by atoms with Crippen LogP contribution in [0, 0.1) is 0 Å². The van der Waals surface area contributed by atoms with Gasteiger partial charge in [0.2, 0.25) is 5.91 Å². The van der Waals surface area contributed by atoms with Gasteiger partial charge < -0.3 is 65.1 Å². The Hall–Kier alpha value is -3.09. The van der Waals surface area contributed by atoms with Crippen molar-refractivity contribution in [3.05, 3.63) is 97.2 Å². The predicted molar refractivity (Wildman–Crippen MR) is 290 cm³/mol. The smallest absolute Gasteiger partial charge is 0.220 e. The highest BCUT2D eigenvalue weighted by atomic mass is 16.7. The van der Waals surface area contributed by atoms with Crippen molar-refractivity contribution < 1.29 is 64.6 Å². The summed E-state index contributed by atoms with van der Waals surface area (Å²) in [4.78, 5) is 13.1. The molecule has 2 fully saturated rings. The van der Waals surface area contributed by atoms with Gasteiger partial charge in [0.05, 0.1) is 32.0 Å². The third-order valence-corrected chi connectivity index (χ3v) is 13.0. The van der Waals surface area contributed by atoms with Crippen LogP contribution in [0.4, 0.5) is 0 Å². The van der Waals surface area contributed by atoms with Gasteiger partial charge in [-0.2, -0.15) is 0 Å². The van der Waals surface area contributed by atoms with E-state index in [9.17, 15) is 45.6 Å². The summed E-state index contributed by atoms with van der Waals surface area (Å²) in [5, 5.41) is 86.1. The minimum absolute atomic E-state index is 0.255. The molecular weight excluding hydrogens is 931 g/mol. The number of rotatable bonds is 42. The Morgan fingerprint density at radius 3 is 1.44 bits per heavy atom. The zero-order chi connectivity index (χ0) is 53.2. The minimum Gasteiger partial charge on any atom is -0.394 e. The van der Waals surface area contributed by atoms with Crippen molar-refractivity contribution >= 4 is 5.91 Å². The van der Waals surface area contributed by atoms with Gasteiger partial charge in [-0.25, -0.2) is 0 Å². The maximum Gasteiger partial charge on any atom is 0.220 e. The van der Waals surface area contributed by atoms with E-state index in [2.05, 4.69) is 104 Å². The molecule has 0 bridgehead atoms. The normalized spacial score (nSPS) is 26.2. The van der Waals surface area contributed by atoms with Gasteiger partial charge in [-0.1, -0.05) is 195 Å². The van der Waals surface area contributed by atoms with E-state index < -0.39 is 86.8 Å². The second-order valence-electron chi connectivity index (χ2n) is 19.3. The van der Waals surface area contributed by atoms with Gasteiger partial charge >= 0.3 is 0 Å². The maximum absolute atomic E-state index is 13.1. The first-order chi connectivity index (χ1) is 35.6. The van der Waals surface area contributed by atoms with Gasteiger partial charge in [-0.15, -0.1) is 0 Å². The number of nitrogens with one attached hydrogen (secondary N) is 1. The lowest BCUT2D eigenvalue weighted by Crippen LogP contribution is -2.65. The average molecular weight is 1030 g/mol. The Bertz CT molecular complexity index is 1590. The molecule has 73 heavy (non-hydrogen) atoms. The number of carbonyl (C=O) groups is 1. The van der Waals surface area contributed by atoms with Crippen LogP contribution >= 0.6 is 0 Å². The van der Waals surface area contributed by atoms with Crippen LogP contribution in [0.2, 0.25) is 0 Å². The molecule has 0 saturated carbocycles. The monoisotopic (exact) mass is 1030 g/mol. The highest BCUT2D eigenvalue weighted by Crippen LogP contribution is 2.30. The number of hydrogen-bond acceptors (Lipinski definition) is 13. The predicted octanol–water partition coefficient (Wildman–Crippen LogP) is 8.71.